The SMILES string of the molecule is COC(=O)[C@H](CC(C)C)NCCC(=O)OCC(=O)Nc1nc2ccc(Cl)cc2s1. The molecule has 0 bridgehead atoms. The molecule has 0 spiro atoms. The fourth-order valence-corrected chi connectivity index (χ4v) is 3.71. The van der Waals surface area contributed by atoms with Crippen LogP contribution in [-0.2, 0) is 23.9 Å². The second-order valence-electron chi connectivity index (χ2n) is 6.75. The van der Waals surface area contributed by atoms with Crippen molar-refractivity contribution in [3.8, 4) is 0 Å². The van der Waals surface area contributed by atoms with Crippen molar-refractivity contribution in [2.45, 2.75) is 32.7 Å². The lowest BCUT2D eigenvalue weighted by Crippen LogP contribution is -2.39. The van der Waals surface area contributed by atoms with Crippen LogP contribution < -0.4 is 10.6 Å². The van der Waals surface area contributed by atoms with Crippen LogP contribution in [-0.4, -0.2) is 49.1 Å². The number of aromatic nitrogens is 1. The number of methoxy groups -OCH3 is 1. The average molecular weight is 442 g/mol. The summed E-state index contributed by atoms with van der Waals surface area (Å²) in [6, 6.07) is 4.76. The number of esters is 2. The van der Waals surface area contributed by atoms with Crippen LogP contribution in [0.15, 0.2) is 18.2 Å². The number of hydrogen-bond acceptors (Lipinski definition) is 8. The Morgan fingerprint density at radius 2 is 2.03 bits per heavy atom. The van der Waals surface area contributed by atoms with E-state index >= 15 is 0 Å². The summed E-state index contributed by atoms with van der Waals surface area (Å²) in [5.41, 5.74) is 0.722. The summed E-state index contributed by atoms with van der Waals surface area (Å²) < 4.78 is 10.6. The minimum Gasteiger partial charge on any atom is -0.468 e. The van der Waals surface area contributed by atoms with Gasteiger partial charge < -0.3 is 14.8 Å². The van der Waals surface area contributed by atoms with Crippen molar-refractivity contribution < 1.29 is 23.9 Å². The Kier molecular flexibility index (Phi) is 8.81. The molecule has 0 aliphatic rings. The molecule has 1 aromatic carbocycles. The van der Waals surface area contributed by atoms with E-state index in [1.165, 1.54) is 18.4 Å². The van der Waals surface area contributed by atoms with E-state index in [1.807, 2.05) is 13.8 Å². The predicted molar refractivity (Wildman–Crippen MR) is 112 cm³/mol. The molecule has 0 saturated heterocycles. The Morgan fingerprint density at radius 1 is 1.28 bits per heavy atom. The quantitative estimate of drug-likeness (QED) is 0.546. The molecule has 2 rings (SSSR count). The Labute approximate surface area is 177 Å². The van der Waals surface area contributed by atoms with Crippen LogP contribution in [0.4, 0.5) is 5.13 Å². The van der Waals surface area contributed by atoms with E-state index in [1.54, 1.807) is 18.2 Å². The summed E-state index contributed by atoms with van der Waals surface area (Å²) >= 11 is 7.21. The van der Waals surface area contributed by atoms with E-state index in [2.05, 4.69) is 15.6 Å². The van der Waals surface area contributed by atoms with E-state index in [4.69, 9.17) is 21.1 Å². The minimum atomic E-state index is -0.545. The molecule has 0 unspecified atom stereocenters. The van der Waals surface area contributed by atoms with E-state index in [9.17, 15) is 14.4 Å². The van der Waals surface area contributed by atoms with Crippen LogP contribution in [0.2, 0.25) is 5.02 Å². The first-order valence-electron chi connectivity index (χ1n) is 9.11. The van der Waals surface area contributed by atoms with Crippen LogP contribution in [0.25, 0.3) is 10.2 Å². The van der Waals surface area contributed by atoms with Gasteiger partial charge in [0.15, 0.2) is 11.7 Å². The van der Waals surface area contributed by atoms with Gasteiger partial charge in [0.2, 0.25) is 0 Å². The lowest BCUT2D eigenvalue weighted by molar-refractivity contribution is -0.148. The number of carbonyl (C=O) groups is 3. The molecule has 29 heavy (non-hydrogen) atoms. The van der Waals surface area contributed by atoms with Crippen molar-refractivity contribution >= 4 is 56.1 Å². The third-order valence-electron chi connectivity index (χ3n) is 3.87. The number of halogens is 1. The van der Waals surface area contributed by atoms with Gasteiger partial charge in [-0.25, -0.2) is 4.98 Å². The molecular formula is C19H24ClN3O5S. The van der Waals surface area contributed by atoms with Crippen molar-refractivity contribution in [2.24, 2.45) is 5.92 Å². The summed E-state index contributed by atoms with van der Waals surface area (Å²) in [6.07, 6.45) is 0.621. The molecule has 1 aromatic heterocycles. The molecule has 158 valence electrons. The Bertz CT molecular complexity index is 871. The molecule has 2 N–H and O–H groups in total. The Balaban J connectivity index is 1.73. The van der Waals surface area contributed by atoms with Gasteiger partial charge in [0, 0.05) is 11.6 Å². The summed E-state index contributed by atoms with van der Waals surface area (Å²) in [6.45, 7) is 3.81. The van der Waals surface area contributed by atoms with E-state index in [0.717, 1.165) is 10.2 Å². The topological polar surface area (TPSA) is 107 Å². The normalized spacial score (nSPS) is 12.0. The summed E-state index contributed by atoms with van der Waals surface area (Å²) in [7, 11) is 1.32. The van der Waals surface area contributed by atoms with Crippen molar-refractivity contribution in [2.75, 3.05) is 25.6 Å². The highest BCUT2D eigenvalue weighted by molar-refractivity contribution is 7.22. The average Bonchev–Trinajstić information content (AvgIpc) is 3.05. The molecule has 1 atom stereocenters. The highest BCUT2D eigenvalue weighted by Gasteiger charge is 2.20. The number of carbonyl (C=O) groups excluding carboxylic acids is 3. The van der Waals surface area contributed by atoms with Crippen LogP contribution in [0.3, 0.4) is 0 Å². The number of nitrogens with zero attached hydrogens (tertiary/aromatic N) is 1. The van der Waals surface area contributed by atoms with Crippen molar-refractivity contribution in [3.63, 3.8) is 0 Å². The molecule has 0 aliphatic heterocycles. The lowest BCUT2D eigenvalue weighted by atomic mass is 10.0. The molecule has 0 fully saturated rings. The number of hydrogen-bond donors (Lipinski definition) is 2. The van der Waals surface area contributed by atoms with Gasteiger partial charge in [-0.3, -0.25) is 19.7 Å². The van der Waals surface area contributed by atoms with Gasteiger partial charge in [-0.05, 0) is 30.5 Å². The van der Waals surface area contributed by atoms with Gasteiger partial charge in [0.05, 0.1) is 23.7 Å². The van der Waals surface area contributed by atoms with Gasteiger partial charge in [0.1, 0.15) is 6.04 Å². The zero-order valence-corrected chi connectivity index (χ0v) is 18.1. The standard InChI is InChI=1S/C19H24ClN3O5S/c1-11(2)8-14(18(26)27-3)21-7-6-17(25)28-10-16(24)23-19-22-13-5-4-12(20)9-15(13)29-19/h4-5,9,11,14,21H,6-8,10H2,1-3H3,(H,22,23,24)/t14-/m0/s1. The minimum absolute atomic E-state index is 0.0263. The number of amides is 1. The van der Waals surface area contributed by atoms with Gasteiger partial charge in [0.25, 0.3) is 5.91 Å². The third-order valence-corrected chi connectivity index (χ3v) is 5.04. The highest BCUT2D eigenvalue weighted by Crippen LogP contribution is 2.28. The highest BCUT2D eigenvalue weighted by atomic mass is 35.5. The van der Waals surface area contributed by atoms with Crippen LogP contribution in [0.1, 0.15) is 26.7 Å². The maximum absolute atomic E-state index is 12.0. The molecular weight excluding hydrogens is 418 g/mol. The van der Waals surface area contributed by atoms with Crippen LogP contribution >= 0.6 is 22.9 Å². The number of rotatable bonds is 10. The zero-order valence-electron chi connectivity index (χ0n) is 16.5. The van der Waals surface area contributed by atoms with Crippen LogP contribution in [0.5, 0.6) is 0 Å². The summed E-state index contributed by atoms with van der Waals surface area (Å²) in [5, 5.41) is 6.57. The smallest absolute Gasteiger partial charge is 0.322 e. The fourth-order valence-electron chi connectivity index (χ4n) is 2.55. The summed E-state index contributed by atoms with van der Waals surface area (Å²) in [4.78, 5) is 39.8. The molecule has 2 aromatic rings. The van der Waals surface area contributed by atoms with Crippen molar-refractivity contribution in [1.82, 2.24) is 10.3 Å². The fraction of sp³-hybridized carbons (Fsp3) is 0.474. The van der Waals surface area contributed by atoms with Crippen molar-refractivity contribution in [1.29, 1.82) is 0 Å². The Morgan fingerprint density at radius 3 is 2.72 bits per heavy atom. The van der Waals surface area contributed by atoms with Gasteiger partial charge in [-0.1, -0.05) is 36.8 Å². The first-order valence-corrected chi connectivity index (χ1v) is 10.3. The van der Waals surface area contributed by atoms with Gasteiger partial charge >= 0.3 is 11.9 Å². The van der Waals surface area contributed by atoms with E-state index in [0.29, 0.717) is 22.5 Å². The van der Waals surface area contributed by atoms with Crippen LogP contribution in [0, 0.1) is 5.92 Å². The molecule has 8 nitrogen and oxygen atoms in total. The molecule has 1 heterocycles. The van der Waals surface area contributed by atoms with E-state index < -0.39 is 24.5 Å². The molecule has 0 aliphatic carbocycles. The first kappa shape index (κ1) is 23.1. The third kappa shape index (κ3) is 7.60. The van der Waals surface area contributed by atoms with Gasteiger partial charge in [-0.15, -0.1) is 0 Å². The predicted octanol–water partition coefficient (Wildman–Crippen LogP) is 3.00. The molecule has 10 heteroatoms. The largest absolute Gasteiger partial charge is 0.468 e. The number of benzene rings is 1. The number of anilines is 1. The maximum Gasteiger partial charge on any atom is 0.322 e. The first-order chi connectivity index (χ1) is 13.8. The molecule has 0 radical (unpaired) electrons. The maximum atomic E-state index is 12.0. The number of nitrogens with one attached hydrogen (secondary N) is 2. The second kappa shape index (κ2) is 11.1. The molecule has 1 amide bonds. The van der Waals surface area contributed by atoms with Crippen molar-refractivity contribution in [3.05, 3.63) is 23.2 Å². The number of fused-ring (bicyclic) bond motifs is 1. The zero-order chi connectivity index (χ0) is 21.4. The van der Waals surface area contributed by atoms with E-state index in [-0.39, 0.29) is 18.9 Å². The number of thiazole rings is 1. The van der Waals surface area contributed by atoms with Gasteiger partial charge in [-0.2, -0.15) is 0 Å². The second-order valence-corrected chi connectivity index (χ2v) is 8.22. The summed E-state index contributed by atoms with van der Waals surface area (Å²) in [5.74, 6) is -1.11. The molecule has 0 saturated carbocycles. The number of ether oxygens (including phenoxy) is 2. The lowest BCUT2D eigenvalue weighted by Gasteiger charge is -2.18. The Hall–Kier alpha value is -2.23. The monoisotopic (exact) mass is 441 g/mol.